The predicted octanol–water partition coefficient (Wildman–Crippen LogP) is 0.827. The lowest BCUT2D eigenvalue weighted by molar-refractivity contribution is -0.139. The summed E-state index contributed by atoms with van der Waals surface area (Å²) in [6, 6.07) is 4.99. The fourth-order valence-electron chi connectivity index (χ4n) is 0.769. The lowest BCUT2D eigenvalue weighted by Crippen LogP contribution is -2.12. The molecule has 1 heterocycles. The molecular formula is C9H9NO3. The summed E-state index contributed by atoms with van der Waals surface area (Å²) in [6.07, 6.45) is 1.51. The van der Waals surface area contributed by atoms with Crippen LogP contribution in [0.3, 0.4) is 0 Å². The summed E-state index contributed by atoms with van der Waals surface area (Å²) in [5, 5.41) is 0. The van der Waals surface area contributed by atoms with Crippen molar-refractivity contribution in [2.45, 2.75) is 6.92 Å². The molecule has 0 aliphatic rings. The second kappa shape index (κ2) is 4.35. The van der Waals surface area contributed by atoms with E-state index in [1.807, 2.05) is 0 Å². The highest BCUT2D eigenvalue weighted by Crippen LogP contribution is 1.95. The van der Waals surface area contributed by atoms with Gasteiger partial charge in [0, 0.05) is 13.1 Å². The van der Waals surface area contributed by atoms with Gasteiger partial charge >= 0.3 is 5.97 Å². The van der Waals surface area contributed by atoms with Gasteiger partial charge in [0.1, 0.15) is 5.69 Å². The van der Waals surface area contributed by atoms with Crippen LogP contribution in [-0.4, -0.2) is 23.3 Å². The average Bonchev–Trinajstić information content (AvgIpc) is 2.15. The first-order valence-electron chi connectivity index (χ1n) is 3.78. The Morgan fingerprint density at radius 1 is 1.46 bits per heavy atom. The van der Waals surface area contributed by atoms with Crippen molar-refractivity contribution < 1.29 is 14.3 Å². The van der Waals surface area contributed by atoms with Gasteiger partial charge in [-0.25, -0.2) is 0 Å². The zero-order valence-corrected chi connectivity index (χ0v) is 7.19. The van der Waals surface area contributed by atoms with Crippen LogP contribution in [0.5, 0.6) is 0 Å². The zero-order chi connectivity index (χ0) is 9.68. The van der Waals surface area contributed by atoms with Crippen LogP contribution in [0.15, 0.2) is 24.4 Å². The summed E-state index contributed by atoms with van der Waals surface area (Å²) in [7, 11) is 0. The molecule has 0 radical (unpaired) electrons. The number of nitrogens with zero attached hydrogens (tertiary/aromatic N) is 1. The Hall–Kier alpha value is -1.71. The van der Waals surface area contributed by atoms with Crippen LogP contribution in [0.1, 0.15) is 17.4 Å². The topological polar surface area (TPSA) is 56.3 Å². The standard InChI is InChI=1S/C9H9NO3/c1-7(11)13-6-9(12)8-4-2-3-5-10-8/h2-5H,6H2,1H3. The number of hydrogen-bond acceptors (Lipinski definition) is 4. The number of hydrogen-bond donors (Lipinski definition) is 0. The van der Waals surface area contributed by atoms with Gasteiger partial charge in [-0.15, -0.1) is 0 Å². The molecule has 0 aliphatic heterocycles. The minimum absolute atomic E-state index is 0.244. The molecule has 0 N–H and O–H groups in total. The average molecular weight is 179 g/mol. The molecule has 0 saturated heterocycles. The fraction of sp³-hybridized carbons (Fsp3) is 0.222. The van der Waals surface area contributed by atoms with Gasteiger partial charge in [-0.05, 0) is 12.1 Å². The van der Waals surface area contributed by atoms with Gasteiger partial charge in [0.05, 0.1) is 0 Å². The molecule has 0 spiro atoms. The minimum Gasteiger partial charge on any atom is -0.457 e. The van der Waals surface area contributed by atoms with Gasteiger partial charge < -0.3 is 4.74 Å². The van der Waals surface area contributed by atoms with Crippen molar-refractivity contribution >= 4 is 11.8 Å². The maximum Gasteiger partial charge on any atom is 0.303 e. The summed E-state index contributed by atoms with van der Waals surface area (Å²) in [6.45, 7) is 1.01. The fourth-order valence-corrected chi connectivity index (χ4v) is 0.769. The quantitative estimate of drug-likeness (QED) is 0.509. The second-order valence-electron chi connectivity index (χ2n) is 2.42. The monoisotopic (exact) mass is 179 g/mol. The van der Waals surface area contributed by atoms with Gasteiger partial charge in [0.15, 0.2) is 6.61 Å². The van der Waals surface area contributed by atoms with E-state index in [4.69, 9.17) is 0 Å². The maximum atomic E-state index is 11.2. The number of carbonyl (C=O) groups excluding carboxylic acids is 2. The lowest BCUT2D eigenvalue weighted by Gasteiger charge is -1.99. The van der Waals surface area contributed by atoms with E-state index in [9.17, 15) is 9.59 Å². The van der Waals surface area contributed by atoms with E-state index in [1.54, 1.807) is 18.2 Å². The third-order valence-corrected chi connectivity index (χ3v) is 1.36. The van der Waals surface area contributed by atoms with E-state index in [0.717, 1.165) is 0 Å². The Morgan fingerprint density at radius 2 is 2.23 bits per heavy atom. The number of pyridine rings is 1. The molecule has 1 aromatic rings. The van der Waals surface area contributed by atoms with Crippen LogP contribution in [0.2, 0.25) is 0 Å². The van der Waals surface area contributed by atoms with E-state index in [-0.39, 0.29) is 12.4 Å². The van der Waals surface area contributed by atoms with Crippen molar-refractivity contribution in [1.29, 1.82) is 0 Å². The molecule has 0 fully saturated rings. The number of Topliss-reactive ketones (excluding diaryl/α,β-unsaturated/α-hetero) is 1. The largest absolute Gasteiger partial charge is 0.457 e. The van der Waals surface area contributed by atoms with Crippen molar-refractivity contribution in [3.63, 3.8) is 0 Å². The first kappa shape index (κ1) is 9.38. The van der Waals surface area contributed by atoms with Crippen LogP contribution in [-0.2, 0) is 9.53 Å². The maximum absolute atomic E-state index is 11.2. The van der Waals surface area contributed by atoms with Crippen molar-refractivity contribution in [1.82, 2.24) is 4.98 Å². The summed E-state index contributed by atoms with van der Waals surface area (Å²) in [4.78, 5) is 25.4. The minimum atomic E-state index is -0.468. The van der Waals surface area contributed by atoms with E-state index < -0.39 is 5.97 Å². The molecule has 0 atom stereocenters. The van der Waals surface area contributed by atoms with Crippen molar-refractivity contribution in [3.05, 3.63) is 30.1 Å². The highest BCUT2D eigenvalue weighted by Gasteiger charge is 2.07. The summed E-state index contributed by atoms with van der Waals surface area (Å²) < 4.78 is 4.53. The Balaban J connectivity index is 2.54. The Morgan fingerprint density at radius 3 is 2.77 bits per heavy atom. The number of ketones is 1. The van der Waals surface area contributed by atoms with E-state index in [2.05, 4.69) is 9.72 Å². The van der Waals surface area contributed by atoms with E-state index in [1.165, 1.54) is 13.1 Å². The highest BCUT2D eigenvalue weighted by atomic mass is 16.5. The first-order chi connectivity index (χ1) is 6.20. The van der Waals surface area contributed by atoms with Crippen LogP contribution in [0, 0.1) is 0 Å². The number of carbonyl (C=O) groups is 2. The summed E-state index contributed by atoms with van der Waals surface area (Å²) in [5.74, 6) is -0.764. The van der Waals surface area contributed by atoms with Crippen LogP contribution < -0.4 is 0 Å². The number of esters is 1. The van der Waals surface area contributed by atoms with E-state index >= 15 is 0 Å². The van der Waals surface area contributed by atoms with E-state index in [0.29, 0.717) is 5.69 Å². The SMILES string of the molecule is CC(=O)OCC(=O)c1ccccn1. The van der Waals surface area contributed by atoms with Crippen molar-refractivity contribution in [2.24, 2.45) is 0 Å². The predicted molar refractivity (Wildman–Crippen MR) is 45.2 cm³/mol. The molecule has 1 aromatic heterocycles. The molecular weight excluding hydrogens is 170 g/mol. The summed E-state index contributed by atoms with van der Waals surface area (Å²) >= 11 is 0. The molecule has 0 bridgehead atoms. The van der Waals surface area contributed by atoms with Gasteiger partial charge in [-0.1, -0.05) is 6.07 Å². The van der Waals surface area contributed by atoms with Gasteiger partial charge in [-0.3, -0.25) is 14.6 Å². The normalized spacial score (nSPS) is 9.31. The molecule has 0 aliphatic carbocycles. The van der Waals surface area contributed by atoms with Gasteiger partial charge in [0.2, 0.25) is 5.78 Å². The lowest BCUT2D eigenvalue weighted by atomic mass is 10.2. The zero-order valence-electron chi connectivity index (χ0n) is 7.19. The molecule has 68 valence electrons. The van der Waals surface area contributed by atoms with Crippen molar-refractivity contribution in [3.8, 4) is 0 Å². The van der Waals surface area contributed by atoms with Gasteiger partial charge in [-0.2, -0.15) is 0 Å². The second-order valence-corrected chi connectivity index (χ2v) is 2.42. The van der Waals surface area contributed by atoms with Crippen LogP contribution in [0.25, 0.3) is 0 Å². The third-order valence-electron chi connectivity index (χ3n) is 1.36. The van der Waals surface area contributed by atoms with Crippen molar-refractivity contribution in [2.75, 3.05) is 6.61 Å². The number of ether oxygens (including phenoxy) is 1. The summed E-state index contributed by atoms with van der Waals surface area (Å²) in [5.41, 5.74) is 0.309. The number of aromatic nitrogens is 1. The molecule has 0 unspecified atom stereocenters. The molecule has 4 nitrogen and oxygen atoms in total. The molecule has 0 amide bonds. The smallest absolute Gasteiger partial charge is 0.303 e. The highest BCUT2D eigenvalue weighted by molar-refractivity contribution is 5.96. The van der Waals surface area contributed by atoms with Gasteiger partial charge in [0.25, 0.3) is 0 Å². The first-order valence-corrected chi connectivity index (χ1v) is 3.78. The molecule has 0 saturated carbocycles. The Labute approximate surface area is 75.5 Å². The van der Waals surface area contributed by atoms with Crippen LogP contribution in [0.4, 0.5) is 0 Å². The molecule has 4 heteroatoms. The Kier molecular flexibility index (Phi) is 3.14. The number of rotatable bonds is 3. The molecule has 0 aromatic carbocycles. The molecule has 13 heavy (non-hydrogen) atoms. The third kappa shape index (κ3) is 3.02. The molecule has 1 rings (SSSR count). The Bertz CT molecular complexity index is 308. The van der Waals surface area contributed by atoms with Crippen LogP contribution >= 0.6 is 0 Å².